The Morgan fingerprint density at radius 2 is 2.31 bits per heavy atom. The highest BCUT2D eigenvalue weighted by molar-refractivity contribution is 5.92. The van der Waals surface area contributed by atoms with Crippen molar-refractivity contribution in [2.75, 3.05) is 19.6 Å². The fraction of sp³-hybridized carbons (Fsp3) is 0.769. The van der Waals surface area contributed by atoms with E-state index in [1.807, 2.05) is 17.9 Å². The molecule has 0 aromatic rings. The molecule has 0 spiro atoms. The Morgan fingerprint density at radius 3 is 2.94 bits per heavy atom. The number of hydrogen-bond acceptors (Lipinski definition) is 2. The lowest BCUT2D eigenvalue weighted by Crippen LogP contribution is -2.40. The Hall–Kier alpha value is -0.830. The number of nitrogens with two attached hydrogens (primary N) is 1. The third kappa shape index (κ3) is 3.63. The van der Waals surface area contributed by atoms with Crippen LogP contribution in [-0.2, 0) is 4.79 Å². The van der Waals surface area contributed by atoms with Crippen LogP contribution in [0.4, 0.5) is 0 Å². The molecule has 0 aromatic heterocycles. The van der Waals surface area contributed by atoms with Gasteiger partial charge >= 0.3 is 0 Å². The van der Waals surface area contributed by atoms with Crippen molar-refractivity contribution < 1.29 is 4.79 Å². The molecule has 1 saturated heterocycles. The van der Waals surface area contributed by atoms with Gasteiger partial charge in [0.2, 0.25) is 5.91 Å². The lowest BCUT2D eigenvalue weighted by Gasteiger charge is -2.33. The third-order valence-corrected chi connectivity index (χ3v) is 3.23. The second-order valence-corrected chi connectivity index (χ2v) is 4.63. The maximum atomic E-state index is 12.1. The van der Waals surface area contributed by atoms with Gasteiger partial charge in [0.25, 0.3) is 0 Å². The van der Waals surface area contributed by atoms with Crippen molar-refractivity contribution in [3.63, 3.8) is 0 Å². The first-order chi connectivity index (χ1) is 7.69. The van der Waals surface area contributed by atoms with Gasteiger partial charge in [-0.05, 0) is 45.1 Å². The van der Waals surface area contributed by atoms with E-state index in [0.717, 1.165) is 44.5 Å². The molecule has 1 amide bonds. The van der Waals surface area contributed by atoms with Gasteiger partial charge in [0.15, 0.2) is 0 Å². The quantitative estimate of drug-likeness (QED) is 0.742. The summed E-state index contributed by atoms with van der Waals surface area (Å²) in [4.78, 5) is 14.1. The summed E-state index contributed by atoms with van der Waals surface area (Å²) in [6.07, 6.45) is 6.32. The molecule has 1 unspecified atom stereocenters. The number of rotatable bonds is 4. The van der Waals surface area contributed by atoms with Crippen LogP contribution >= 0.6 is 0 Å². The zero-order chi connectivity index (χ0) is 12.0. The molecule has 0 aliphatic carbocycles. The molecule has 2 N–H and O–H groups in total. The molecule has 0 radical (unpaired) electrons. The topological polar surface area (TPSA) is 46.3 Å². The third-order valence-electron chi connectivity index (χ3n) is 3.23. The first kappa shape index (κ1) is 13.2. The SMILES string of the molecule is CCC=C(C)C(=O)N1CCCC(CCN)C1. The smallest absolute Gasteiger partial charge is 0.249 e. The van der Waals surface area contributed by atoms with E-state index in [-0.39, 0.29) is 5.91 Å². The zero-order valence-corrected chi connectivity index (χ0v) is 10.5. The van der Waals surface area contributed by atoms with Crippen LogP contribution in [-0.4, -0.2) is 30.4 Å². The minimum atomic E-state index is 0.212. The van der Waals surface area contributed by atoms with Crippen LogP contribution in [0.1, 0.15) is 39.5 Å². The number of amides is 1. The van der Waals surface area contributed by atoms with Crippen molar-refractivity contribution in [2.24, 2.45) is 11.7 Å². The van der Waals surface area contributed by atoms with Crippen LogP contribution in [0.3, 0.4) is 0 Å². The minimum Gasteiger partial charge on any atom is -0.339 e. The van der Waals surface area contributed by atoms with Gasteiger partial charge in [-0.2, -0.15) is 0 Å². The standard InChI is InChI=1S/C13H24N2O/c1-3-5-11(2)13(16)15-9-4-6-12(10-15)7-8-14/h5,12H,3-4,6-10,14H2,1-2H3. The van der Waals surface area contributed by atoms with Crippen molar-refractivity contribution >= 4 is 5.91 Å². The second kappa shape index (κ2) is 6.69. The monoisotopic (exact) mass is 224 g/mol. The summed E-state index contributed by atoms with van der Waals surface area (Å²) in [5.41, 5.74) is 6.46. The van der Waals surface area contributed by atoms with E-state index in [1.165, 1.54) is 6.42 Å². The van der Waals surface area contributed by atoms with Gasteiger partial charge in [0.1, 0.15) is 0 Å². The number of hydrogen-bond donors (Lipinski definition) is 1. The van der Waals surface area contributed by atoms with Crippen molar-refractivity contribution in [1.82, 2.24) is 4.90 Å². The Balaban J connectivity index is 2.53. The minimum absolute atomic E-state index is 0.212. The summed E-state index contributed by atoms with van der Waals surface area (Å²) >= 11 is 0. The Kier molecular flexibility index (Phi) is 5.53. The summed E-state index contributed by atoms with van der Waals surface area (Å²) in [5.74, 6) is 0.820. The first-order valence-electron chi connectivity index (χ1n) is 6.35. The van der Waals surface area contributed by atoms with Gasteiger partial charge in [0, 0.05) is 18.7 Å². The van der Waals surface area contributed by atoms with Crippen LogP contribution in [0.2, 0.25) is 0 Å². The van der Waals surface area contributed by atoms with E-state index in [9.17, 15) is 4.79 Å². The average molecular weight is 224 g/mol. The van der Waals surface area contributed by atoms with Gasteiger partial charge in [0.05, 0.1) is 0 Å². The fourth-order valence-corrected chi connectivity index (χ4v) is 2.36. The summed E-state index contributed by atoms with van der Waals surface area (Å²) in [6, 6.07) is 0. The molecule has 1 atom stereocenters. The Morgan fingerprint density at radius 1 is 1.56 bits per heavy atom. The summed E-state index contributed by atoms with van der Waals surface area (Å²) in [6.45, 7) is 6.51. The van der Waals surface area contributed by atoms with E-state index >= 15 is 0 Å². The number of carbonyl (C=O) groups excluding carboxylic acids is 1. The van der Waals surface area contributed by atoms with E-state index in [1.54, 1.807) is 0 Å². The molecule has 16 heavy (non-hydrogen) atoms. The van der Waals surface area contributed by atoms with Gasteiger partial charge in [-0.3, -0.25) is 4.79 Å². The normalized spacial score (nSPS) is 22.3. The van der Waals surface area contributed by atoms with Crippen molar-refractivity contribution in [2.45, 2.75) is 39.5 Å². The summed E-state index contributed by atoms with van der Waals surface area (Å²) in [5, 5.41) is 0. The highest BCUT2D eigenvalue weighted by Crippen LogP contribution is 2.20. The molecule has 1 aliphatic heterocycles. The number of allylic oxidation sites excluding steroid dienone is 1. The molecule has 0 aromatic carbocycles. The van der Waals surface area contributed by atoms with E-state index < -0.39 is 0 Å². The lowest BCUT2D eigenvalue weighted by molar-refractivity contribution is -0.128. The Labute approximate surface area is 98.7 Å². The van der Waals surface area contributed by atoms with Crippen LogP contribution < -0.4 is 5.73 Å². The first-order valence-corrected chi connectivity index (χ1v) is 6.35. The molecular weight excluding hydrogens is 200 g/mol. The van der Waals surface area contributed by atoms with E-state index in [2.05, 4.69) is 6.92 Å². The summed E-state index contributed by atoms with van der Waals surface area (Å²) < 4.78 is 0. The van der Waals surface area contributed by atoms with Crippen molar-refractivity contribution in [1.29, 1.82) is 0 Å². The molecule has 1 fully saturated rings. The number of likely N-dealkylation sites (tertiary alicyclic amines) is 1. The fourth-order valence-electron chi connectivity index (χ4n) is 2.36. The van der Waals surface area contributed by atoms with E-state index in [0.29, 0.717) is 5.92 Å². The van der Waals surface area contributed by atoms with Crippen molar-refractivity contribution in [3.8, 4) is 0 Å². The number of nitrogens with zero attached hydrogens (tertiary/aromatic N) is 1. The number of carbonyl (C=O) groups is 1. The number of piperidine rings is 1. The maximum absolute atomic E-state index is 12.1. The van der Waals surface area contributed by atoms with Crippen LogP contribution in [0, 0.1) is 5.92 Å². The van der Waals surface area contributed by atoms with Crippen LogP contribution in [0.25, 0.3) is 0 Å². The molecule has 92 valence electrons. The van der Waals surface area contributed by atoms with Gasteiger partial charge < -0.3 is 10.6 Å². The zero-order valence-electron chi connectivity index (χ0n) is 10.5. The largest absolute Gasteiger partial charge is 0.339 e. The predicted octanol–water partition coefficient (Wildman–Crippen LogP) is 1.93. The van der Waals surface area contributed by atoms with Gasteiger partial charge in [-0.1, -0.05) is 13.0 Å². The highest BCUT2D eigenvalue weighted by Gasteiger charge is 2.23. The van der Waals surface area contributed by atoms with Crippen molar-refractivity contribution in [3.05, 3.63) is 11.6 Å². The molecule has 1 aliphatic rings. The molecule has 1 heterocycles. The Bertz CT molecular complexity index is 259. The molecule has 0 bridgehead atoms. The molecular formula is C13H24N2O. The maximum Gasteiger partial charge on any atom is 0.249 e. The highest BCUT2D eigenvalue weighted by atomic mass is 16.2. The molecule has 0 saturated carbocycles. The summed E-state index contributed by atoms with van der Waals surface area (Å²) in [7, 11) is 0. The van der Waals surface area contributed by atoms with Gasteiger partial charge in [-0.25, -0.2) is 0 Å². The molecule has 3 heteroatoms. The predicted molar refractivity (Wildman–Crippen MR) is 67.0 cm³/mol. The molecule has 3 nitrogen and oxygen atoms in total. The lowest BCUT2D eigenvalue weighted by atomic mass is 9.94. The van der Waals surface area contributed by atoms with Gasteiger partial charge in [-0.15, -0.1) is 0 Å². The van der Waals surface area contributed by atoms with E-state index in [4.69, 9.17) is 5.73 Å². The average Bonchev–Trinajstić information content (AvgIpc) is 2.29. The van der Waals surface area contributed by atoms with Crippen LogP contribution in [0.5, 0.6) is 0 Å². The van der Waals surface area contributed by atoms with Crippen LogP contribution in [0.15, 0.2) is 11.6 Å². The molecule has 1 rings (SSSR count). The second-order valence-electron chi connectivity index (χ2n) is 4.63.